The summed E-state index contributed by atoms with van der Waals surface area (Å²) in [6.07, 6.45) is 3.07. The fourth-order valence-corrected chi connectivity index (χ4v) is 2.09. The molecular formula is C19H17O6-. The molecule has 6 heteroatoms. The molecule has 130 valence electrons. The minimum Gasteiger partial charge on any atom is -0.546 e. The third kappa shape index (κ3) is 5.10. The molecule has 25 heavy (non-hydrogen) atoms. The van der Waals surface area contributed by atoms with E-state index in [1.807, 2.05) is 0 Å². The lowest BCUT2D eigenvalue weighted by atomic mass is 10.1. The van der Waals surface area contributed by atoms with E-state index in [4.69, 9.17) is 14.2 Å². The second-order valence-electron chi connectivity index (χ2n) is 4.99. The van der Waals surface area contributed by atoms with Crippen LogP contribution in [0.1, 0.15) is 15.9 Å². The molecule has 0 spiro atoms. The van der Waals surface area contributed by atoms with E-state index >= 15 is 0 Å². The van der Waals surface area contributed by atoms with Crippen molar-refractivity contribution < 1.29 is 28.9 Å². The lowest BCUT2D eigenvalue weighted by Crippen LogP contribution is -2.28. The number of allylic oxidation sites excluding steroid dienone is 1. The summed E-state index contributed by atoms with van der Waals surface area (Å²) in [5.41, 5.74) is 1.16. The summed E-state index contributed by atoms with van der Waals surface area (Å²) in [6.45, 7) is -0.511. The van der Waals surface area contributed by atoms with Gasteiger partial charge in [-0.2, -0.15) is 0 Å². The molecule has 0 saturated heterocycles. The Morgan fingerprint density at radius 1 is 1.00 bits per heavy atom. The third-order valence-electron chi connectivity index (χ3n) is 3.34. The number of methoxy groups -OCH3 is 2. The molecule has 0 amide bonds. The summed E-state index contributed by atoms with van der Waals surface area (Å²) in [4.78, 5) is 22.7. The number of rotatable bonds is 8. The van der Waals surface area contributed by atoms with Gasteiger partial charge in [-0.15, -0.1) is 0 Å². The number of hydrogen-bond acceptors (Lipinski definition) is 6. The maximum absolute atomic E-state index is 12.4. The van der Waals surface area contributed by atoms with Gasteiger partial charge in [0, 0.05) is 0 Å². The van der Waals surface area contributed by atoms with E-state index in [0.29, 0.717) is 22.8 Å². The Morgan fingerprint density at radius 3 is 2.28 bits per heavy atom. The zero-order valence-corrected chi connectivity index (χ0v) is 13.9. The quantitative estimate of drug-likeness (QED) is 0.537. The molecule has 0 aliphatic heterocycles. The Labute approximate surface area is 145 Å². The summed E-state index contributed by atoms with van der Waals surface area (Å²) >= 11 is 0. The minimum absolute atomic E-state index is 0.229. The SMILES string of the molecule is COc1ccc(OC)c(C(=O)/C=C/c2ccc(OCC(=O)[O-])cc2)c1. The number of hydrogen-bond donors (Lipinski definition) is 0. The fraction of sp³-hybridized carbons (Fsp3) is 0.158. The Hall–Kier alpha value is -3.28. The van der Waals surface area contributed by atoms with Crippen LogP contribution >= 0.6 is 0 Å². The first-order valence-electron chi connectivity index (χ1n) is 7.40. The van der Waals surface area contributed by atoms with Gasteiger partial charge in [-0.25, -0.2) is 0 Å². The summed E-state index contributed by atoms with van der Waals surface area (Å²) < 4.78 is 15.3. The van der Waals surface area contributed by atoms with E-state index in [9.17, 15) is 14.7 Å². The van der Waals surface area contributed by atoms with Crippen molar-refractivity contribution in [3.8, 4) is 17.2 Å². The lowest BCUT2D eigenvalue weighted by Gasteiger charge is -2.08. The number of ketones is 1. The topological polar surface area (TPSA) is 84.9 Å². The van der Waals surface area contributed by atoms with Crippen LogP contribution in [0, 0.1) is 0 Å². The van der Waals surface area contributed by atoms with E-state index in [0.717, 1.165) is 5.56 Å². The van der Waals surface area contributed by atoms with Crippen LogP contribution in [0.4, 0.5) is 0 Å². The second-order valence-corrected chi connectivity index (χ2v) is 4.99. The highest BCUT2D eigenvalue weighted by atomic mass is 16.5. The van der Waals surface area contributed by atoms with Crippen molar-refractivity contribution in [2.45, 2.75) is 0 Å². The van der Waals surface area contributed by atoms with Gasteiger partial charge < -0.3 is 24.1 Å². The zero-order chi connectivity index (χ0) is 18.2. The highest BCUT2D eigenvalue weighted by molar-refractivity contribution is 6.08. The first-order chi connectivity index (χ1) is 12.0. The third-order valence-corrected chi connectivity index (χ3v) is 3.34. The number of benzene rings is 2. The van der Waals surface area contributed by atoms with Crippen LogP contribution in [-0.4, -0.2) is 32.6 Å². The molecule has 0 N–H and O–H groups in total. The molecule has 0 heterocycles. The van der Waals surface area contributed by atoms with Crippen molar-refractivity contribution in [2.24, 2.45) is 0 Å². The highest BCUT2D eigenvalue weighted by Gasteiger charge is 2.11. The molecule has 0 aromatic heterocycles. The van der Waals surface area contributed by atoms with Gasteiger partial charge in [-0.05, 0) is 42.0 Å². The normalized spacial score (nSPS) is 10.5. The van der Waals surface area contributed by atoms with Crippen molar-refractivity contribution in [2.75, 3.05) is 20.8 Å². The van der Waals surface area contributed by atoms with Gasteiger partial charge in [0.15, 0.2) is 5.78 Å². The molecule has 0 unspecified atom stereocenters. The van der Waals surface area contributed by atoms with E-state index in [1.54, 1.807) is 48.5 Å². The van der Waals surface area contributed by atoms with Crippen LogP contribution in [0.5, 0.6) is 17.2 Å². The van der Waals surface area contributed by atoms with Gasteiger partial charge in [0.25, 0.3) is 0 Å². The Kier molecular flexibility index (Phi) is 6.17. The van der Waals surface area contributed by atoms with Crippen LogP contribution in [0.25, 0.3) is 6.08 Å². The van der Waals surface area contributed by atoms with Gasteiger partial charge in [0.2, 0.25) is 0 Å². The molecule has 6 nitrogen and oxygen atoms in total. The van der Waals surface area contributed by atoms with Crippen molar-refractivity contribution >= 4 is 17.8 Å². The summed E-state index contributed by atoms with van der Waals surface area (Å²) in [5, 5.41) is 10.3. The first kappa shape index (κ1) is 18.1. The van der Waals surface area contributed by atoms with Gasteiger partial charge >= 0.3 is 0 Å². The largest absolute Gasteiger partial charge is 0.546 e. The molecule has 0 saturated carbocycles. The summed E-state index contributed by atoms with van der Waals surface area (Å²) in [7, 11) is 3.02. The minimum atomic E-state index is -1.29. The molecule has 0 aliphatic rings. The van der Waals surface area contributed by atoms with Crippen molar-refractivity contribution in [3.05, 3.63) is 59.7 Å². The Balaban J connectivity index is 2.11. The molecule has 2 rings (SSSR count). The average Bonchev–Trinajstić information content (AvgIpc) is 2.64. The Morgan fingerprint density at radius 2 is 1.68 bits per heavy atom. The lowest BCUT2D eigenvalue weighted by molar-refractivity contribution is -0.307. The van der Waals surface area contributed by atoms with E-state index in [-0.39, 0.29) is 5.78 Å². The van der Waals surface area contributed by atoms with Gasteiger partial charge in [0.05, 0.1) is 25.8 Å². The summed E-state index contributed by atoms with van der Waals surface area (Å²) in [6, 6.07) is 11.6. The number of carboxylic acid groups (broad SMARTS) is 1. The summed E-state index contributed by atoms with van der Waals surface area (Å²) in [5.74, 6) is -0.0922. The number of carbonyl (C=O) groups is 2. The maximum atomic E-state index is 12.4. The van der Waals surface area contributed by atoms with Crippen LogP contribution < -0.4 is 19.3 Å². The zero-order valence-electron chi connectivity index (χ0n) is 13.9. The fourth-order valence-electron chi connectivity index (χ4n) is 2.09. The molecule has 0 radical (unpaired) electrons. The number of carboxylic acids is 1. The average molecular weight is 341 g/mol. The number of ether oxygens (including phenoxy) is 3. The van der Waals surface area contributed by atoms with Gasteiger partial charge in [-0.3, -0.25) is 4.79 Å². The smallest absolute Gasteiger partial charge is 0.189 e. The maximum Gasteiger partial charge on any atom is 0.189 e. The predicted octanol–water partition coefficient (Wildman–Crippen LogP) is 1.73. The van der Waals surface area contributed by atoms with E-state index in [2.05, 4.69) is 0 Å². The standard InChI is InChI=1S/C19H18O6/c1-23-15-8-10-18(24-2)16(11-15)17(20)9-5-13-3-6-14(7-4-13)25-12-19(21)22/h3-11H,12H2,1-2H3,(H,21,22)/p-1/b9-5+. The molecule has 0 fully saturated rings. The molecular weight excluding hydrogens is 324 g/mol. The van der Waals surface area contributed by atoms with Crippen molar-refractivity contribution in [3.63, 3.8) is 0 Å². The number of carbonyl (C=O) groups excluding carboxylic acids is 2. The van der Waals surface area contributed by atoms with Crippen LogP contribution in [0.3, 0.4) is 0 Å². The predicted molar refractivity (Wildman–Crippen MR) is 89.9 cm³/mol. The van der Waals surface area contributed by atoms with Crippen molar-refractivity contribution in [1.29, 1.82) is 0 Å². The first-order valence-corrected chi connectivity index (χ1v) is 7.40. The molecule has 0 aliphatic carbocycles. The molecule has 0 bridgehead atoms. The van der Waals surface area contributed by atoms with Gasteiger partial charge in [0.1, 0.15) is 23.9 Å². The second kappa shape index (κ2) is 8.54. The van der Waals surface area contributed by atoms with Crippen LogP contribution in [0.2, 0.25) is 0 Å². The van der Waals surface area contributed by atoms with Crippen LogP contribution in [-0.2, 0) is 4.79 Å². The highest BCUT2D eigenvalue weighted by Crippen LogP contribution is 2.25. The van der Waals surface area contributed by atoms with Crippen LogP contribution in [0.15, 0.2) is 48.5 Å². The molecule has 2 aromatic rings. The molecule has 2 aromatic carbocycles. The van der Waals surface area contributed by atoms with Crippen molar-refractivity contribution in [1.82, 2.24) is 0 Å². The monoisotopic (exact) mass is 341 g/mol. The molecule has 0 atom stereocenters. The van der Waals surface area contributed by atoms with E-state index in [1.165, 1.54) is 20.3 Å². The Bertz CT molecular complexity index is 777. The van der Waals surface area contributed by atoms with Gasteiger partial charge in [-0.1, -0.05) is 18.2 Å². The number of aliphatic carboxylic acids is 1. The van der Waals surface area contributed by atoms with E-state index < -0.39 is 12.6 Å².